The summed E-state index contributed by atoms with van der Waals surface area (Å²) in [4.78, 5) is 0. The summed E-state index contributed by atoms with van der Waals surface area (Å²) < 4.78 is 31.6. The third-order valence-electron chi connectivity index (χ3n) is 3.72. The molecule has 1 unspecified atom stereocenters. The quantitative estimate of drug-likeness (QED) is 0.737. The van der Waals surface area contributed by atoms with E-state index in [0.29, 0.717) is 12.3 Å². The molecular weight excluding hydrogens is 296 g/mol. The standard InChI is InChI=1S/C19H19F2NO/c1-13(2)14-3-5-15(6-4-14)16(12-22)9-10-23-19-8-7-17(20)11-18(19)21/h3-8,11,13,16H,9-10H2,1-2H3. The highest BCUT2D eigenvalue weighted by Gasteiger charge is 2.12. The lowest BCUT2D eigenvalue weighted by molar-refractivity contribution is 0.290. The highest BCUT2D eigenvalue weighted by atomic mass is 19.1. The lowest BCUT2D eigenvalue weighted by Crippen LogP contribution is -2.06. The molecule has 0 aliphatic carbocycles. The van der Waals surface area contributed by atoms with Crippen LogP contribution in [0.15, 0.2) is 42.5 Å². The predicted molar refractivity (Wildman–Crippen MR) is 85.4 cm³/mol. The third kappa shape index (κ3) is 4.53. The van der Waals surface area contributed by atoms with Gasteiger partial charge in [-0.2, -0.15) is 5.26 Å². The van der Waals surface area contributed by atoms with E-state index in [1.165, 1.54) is 11.6 Å². The summed E-state index contributed by atoms with van der Waals surface area (Å²) in [7, 11) is 0. The van der Waals surface area contributed by atoms with Gasteiger partial charge in [-0.15, -0.1) is 0 Å². The molecule has 0 amide bonds. The maximum atomic E-state index is 13.5. The molecule has 0 saturated carbocycles. The van der Waals surface area contributed by atoms with Gasteiger partial charge in [-0.1, -0.05) is 38.1 Å². The lowest BCUT2D eigenvalue weighted by atomic mass is 9.94. The minimum absolute atomic E-state index is 0.00162. The number of hydrogen-bond acceptors (Lipinski definition) is 2. The van der Waals surface area contributed by atoms with Crippen LogP contribution in [0.25, 0.3) is 0 Å². The van der Waals surface area contributed by atoms with Crippen molar-refractivity contribution in [2.45, 2.75) is 32.1 Å². The van der Waals surface area contributed by atoms with Crippen LogP contribution in [0.4, 0.5) is 8.78 Å². The van der Waals surface area contributed by atoms with Crippen LogP contribution in [0.3, 0.4) is 0 Å². The zero-order chi connectivity index (χ0) is 16.8. The predicted octanol–water partition coefficient (Wildman–Crippen LogP) is 5.16. The molecule has 0 aliphatic rings. The largest absolute Gasteiger partial charge is 0.490 e. The molecule has 0 heterocycles. The lowest BCUT2D eigenvalue weighted by Gasteiger charge is -2.13. The first kappa shape index (κ1) is 17.0. The number of benzene rings is 2. The fourth-order valence-corrected chi connectivity index (χ4v) is 2.30. The van der Waals surface area contributed by atoms with Gasteiger partial charge in [-0.3, -0.25) is 0 Å². The van der Waals surface area contributed by atoms with Crippen molar-refractivity contribution in [3.05, 3.63) is 65.2 Å². The molecule has 0 bridgehead atoms. The summed E-state index contributed by atoms with van der Waals surface area (Å²) in [6.07, 6.45) is 0.439. The number of ether oxygens (including phenoxy) is 1. The first-order valence-corrected chi connectivity index (χ1v) is 7.58. The number of hydrogen-bond donors (Lipinski definition) is 0. The molecule has 0 fully saturated rings. The van der Waals surface area contributed by atoms with Crippen molar-refractivity contribution < 1.29 is 13.5 Å². The Morgan fingerprint density at radius 2 is 1.70 bits per heavy atom. The van der Waals surface area contributed by atoms with Crippen molar-refractivity contribution in [1.82, 2.24) is 0 Å². The van der Waals surface area contributed by atoms with Crippen LogP contribution in [0, 0.1) is 23.0 Å². The average molecular weight is 315 g/mol. The molecule has 2 aromatic carbocycles. The molecule has 0 spiro atoms. The van der Waals surface area contributed by atoms with Crippen molar-refractivity contribution >= 4 is 0 Å². The molecule has 1 atom stereocenters. The summed E-state index contributed by atoms with van der Waals surface area (Å²) in [5, 5.41) is 9.32. The number of nitrogens with zero attached hydrogens (tertiary/aromatic N) is 1. The summed E-state index contributed by atoms with van der Waals surface area (Å²) in [5.74, 6) is -1.26. The molecule has 0 N–H and O–H groups in total. The van der Waals surface area contributed by atoms with E-state index in [1.54, 1.807) is 0 Å². The van der Waals surface area contributed by atoms with E-state index >= 15 is 0 Å². The minimum Gasteiger partial charge on any atom is -0.490 e. The zero-order valence-corrected chi connectivity index (χ0v) is 13.2. The van der Waals surface area contributed by atoms with Gasteiger partial charge in [0.2, 0.25) is 0 Å². The highest BCUT2D eigenvalue weighted by molar-refractivity contribution is 5.30. The maximum absolute atomic E-state index is 13.5. The smallest absolute Gasteiger partial charge is 0.167 e. The van der Waals surface area contributed by atoms with Crippen LogP contribution in [-0.4, -0.2) is 6.61 Å². The van der Waals surface area contributed by atoms with Gasteiger partial charge in [0.05, 0.1) is 18.6 Å². The number of nitriles is 1. The van der Waals surface area contributed by atoms with Crippen molar-refractivity contribution in [2.24, 2.45) is 0 Å². The Kier molecular flexibility index (Phi) is 5.70. The van der Waals surface area contributed by atoms with E-state index in [4.69, 9.17) is 4.74 Å². The molecule has 120 valence electrons. The molecular formula is C19H19F2NO. The SMILES string of the molecule is CC(C)c1ccc(C(C#N)CCOc2ccc(F)cc2F)cc1. The van der Waals surface area contributed by atoms with Crippen LogP contribution < -0.4 is 4.74 Å². The van der Waals surface area contributed by atoms with Gasteiger partial charge in [0.1, 0.15) is 5.82 Å². The second-order valence-electron chi connectivity index (χ2n) is 5.71. The van der Waals surface area contributed by atoms with E-state index in [0.717, 1.165) is 17.7 Å². The van der Waals surface area contributed by atoms with Gasteiger partial charge in [0.25, 0.3) is 0 Å². The summed E-state index contributed by atoms with van der Waals surface area (Å²) in [5.41, 5.74) is 2.13. The van der Waals surface area contributed by atoms with Crippen molar-refractivity contribution in [3.63, 3.8) is 0 Å². The third-order valence-corrected chi connectivity index (χ3v) is 3.72. The molecule has 0 aliphatic heterocycles. The van der Waals surface area contributed by atoms with Gasteiger partial charge in [-0.05, 0) is 29.2 Å². The van der Waals surface area contributed by atoms with E-state index in [-0.39, 0.29) is 18.3 Å². The van der Waals surface area contributed by atoms with E-state index in [2.05, 4.69) is 19.9 Å². The van der Waals surface area contributed by atoms with Crippen LogP contribution >= 0.6 is 0 Å². The van der Waals surface area contributed by atoms with Gasteiger partial charge >= 0.3 is 0 Å². The monoisotopic (exact) mass is 315 g/mol. The Labute approximate surface area is 135 Å². The van der Waals surface area contributed by atoms with Crippen molar-refractivity contribution in [3.8, 4) is 11.8 Å². The number of halogens is 2. The zero-order valence-electron chi connectivity index (χ0n) is 13.2. The number of rotatable bonds is 6. The van der Waals surface area contributed by atoms with Gasteiger partial charge in [0, 0.05) is 12.5 Å². The minimum atomic E-state index is -0.736. The average Bonchev–Trinajstić information content (AvgIpc) is 2.53. The topological polar surface area (TPSA) is 33.0 Å². The van der Waals surface area contributed by atoms with Crippen LogP contribution in [0.1, 0.15) is 43.2 Å². The van der Waals surface area contributed by atoms with Crippen molar-refractivity contribution in [2.75, 3.05) is 6.61 Å². The Bertz CT molecular complexity index is 690. The first-order chi connectivity index (χ1) is 11.0. The van der Waals surface area contributed by atoms with Crippen LogP contribution in [0.5, 0.6) is 5.75 Å². The first-order valence-electron chi connectivity index (χ1n) is 7.58. The Morgan fingerprint density at radius 1 is 1.04 bits per heavy atom. The molecule has 0 radical (unpaired) electrons. The van der Waals surface area contributed by atoms with Crippen LogP contribution in [0.2, 0.25) is 0 Å². The summed E-state index contributed by atoms with van der Waals surface area (Å²) >= 11 is 0. The van der Waals surface area contributed by atoms with E-state index < -0.39 is 11.6 Å². The molecule has 23 heavy (non-hydrogen) atoms. The second-order valence-corrected chi connectivity index (χ2v) is 5.71. The molecule has 2 nitrogen and oxygen atoms in total. The van der Waals surface area contributed by atoms with Gasteiger partial charge in [0.15, 0.2) is 11.6 Å². The summed E-state index contributed by atoms with van der Waals surface area (Å²) in [6.45, 7) is 4.41. The van der Waals surface area contributed by atoms with Crippen molar-refractivity contribution in [1.29, 1.82) is 5.26 Å². The normalized spacial score (nSPS) is 12.0. The van der Waals surface area contributed by atoms with E-state index in [9.17, 15) is 14.0 Å². The molecule has 0 aromatic heterocycles. The van der Waals surface area contributed by atoms with Gasteiger partial charge in [-0.25, -0.2) is 8.78 Å². The fourth-order valence-electron chi connectivity index (χ4n) is 2.30. The molecule has 0 saturated heterocycles. The van der Waals surface area contributed by atoms with Crippen LogP contribution in [-0.2, 0) is 0 Å². The Balaban J connectivity index is 1.96. The Hall–Kier alpha value is -2.41. The van der Waals surface area contributed by atoms with Gasteiger partial charge < -0.3 is 4.74 Å². The Morgan fingerprint density at radius 3 is 2.26 bits per heavy atom. The fraction of sp³-hybridized carbons (Fsp3) is 0.316. The molecule has 4 heteroatoms. The van der Waals surface area contributed by atoms with E-state index in [1.807, 2.05) is 24.3 Å². The molecule has 2 aromatic rings. The summed E-state index contributed by atoms with van der Waals surface area (Å²) in [6, 6.07) is 13.3. The molecule has 2 rings (SSSR count). The second kappa shape index (κ2) is 7.73. The maximum Gasteiger partial charge on any atom is 0.167 e. The highest BCUT2D eigenvalue weighted by Crippen LogP contribution is 2.23.